The zero-order valence-electron chi connectivity index (χ0n) is 16.3. The maximum atomic E-state index is 13.7. The molecule has 0 radical (unpaired) electrons. The third kappa shape index (κ3) is 5.16. The fraction of sp³-hybridized carbons (Fsp3) is 0.273. The number of anilines is 1. The van der Waals surface area contributed by atoms with Gasteiger partial charge in [0.2, 0.25) is 0 Å². The number of H-pyrrole nitrogens is 1. The van der Waals surface area contributed by atoms with E-state index in [1.807, 2.05) is 6.07 Å². The van der Waals surface area contributed by atoms with Gasteiger partial charge in [-0.1, -0.05) is 30.5 Å². The number of guanidine groups is 1. The van der Waals surface area contributed by atoms with Gasteiger partial charge < -0.3 is 10.6 Å². The van der Waals surface area contributed by atoms with Crippen LogP contribution in [0.25, 0.3) is 11.3 Å². The van der Waals surface area contributed by atoms with E-state index in [-0.39, 0.29) is 10.8 Å². The third-order valence-electron chi connectivity index (χ3n) is 5.08. The zero-order valence-corrected chi connectivity index (χ0v) is 17.0. The van der Waals surface area contributed by atoms with Crippen LogP contribution in [0.15, 0.2) is 53.5 Å². The Morgan fingerprint density at radius 1 is 1.10 bits per heavy atom. The molecule has 0 atom stereocenters. The highest BCUT2D eigenvalue weighted by Crippen LogP contribution is 2.21. The van der Waals surface area contributed by atoms with Gasteiger partial charge in [0.05, 0.1) is 17.3 Å². The Morgan fingerprint density at radius 3 is 2.60 bits per heavy atom. The lowest BCUT2D eigenvalue weighted by Crippen LogP contribution is -2.37. The van der Waals surface area contributed by atoms with Gasteiger partial charge in [-0.3, -0.25) is 5.10 Å². The molecule has 0 spiro atoms. The molecule has 2 aromatic carbocycles. The normalized spacial score (nSPS) is 14.8. The van der Waals surface area contributed by atoms with Crippen LogP contribution in [-0.4, -0.2) is 22.2 Å². The largest absolute Gasteiger partial charge is 0.353 e. The third-order valence-corrected chi connectivity index (χ3v) is 5.39. The van der Waals surface area contributed by atoms with Crippen LogP contribution >= 0.6 is 11.6 Å². The fourth-order valence-electron chi connectivity index (χ4n) is 3.48. The highest BCUT2D eigenvalue weighted by molar-refractivity contribution is 6.30. The summed E-state index contributed by atoms with van der Waals surface area (Å²) in [6.45, 7) is 0.297. The molecule has 1 aromatic heterocycles. The van der Waals surface area contributed by atoms with Crippen LogP contribution < -0.4 is 10.6 Å². The number of halogens is 3. The molecule has 1 fully saturated rings. The molecule has 3 aromatic rings. The summed E-state index contributed by atoms with van der Waals surface area (Å²) >= 11 is 5.76. The summed E-state index contributed by atoms with van der Waals surface area (Å²) in [5.74, 6) is 0.416. The van der Waals surface area contributed by atoms with Crippen LogP contribution in [-0.2, 0) is 6.54 Å². The van der Waals surface area contributed by atoms with Crippen molar-refractivity contribution in [3.05, 3.63) is 70.8 Å². The number of nitrogens with zero attached hydrogens (tertiary/aromatic N) is 2. The van der Waals surface area contributed by atoms with Gasteiger partial charge in [-0.15, -0.1) is 0 Å². The molecule has 0 bridgehead atoms. The number of nitrogens with one attached hydrogen (secondary N) is 3. The minimum Gasteiger partial charge on any atom is -0.353 e. The number of benzene rings is 2. The SMILES string of the molecule is Fc1ccc(-c2cc(NC(=NCc3ccc(Cl)c(F)c3)NC3CCCC3)n[nH]2)cc1. The van der Waals surface area contributed by atoms with Crippen LogP contribution in [0, 0.1) is 11.6 Å². The number of aliphatic imine (C=N–C) groups is 1. The minimum atomic E-state index is -0.459. The Balaban J connectivity index is 1.50. The first-order chi connectivity index (χ1) is 14.6. The van der Waals surface area contributed by atoms with Crippen molar-refractivity contribution in [1.29, 1.82) is 0 Å². The molecule has 0 unspecified atom stereocenters. The molecule has 30 heavy (non-hydrogen) atoms. The molecule has 1 aliphatic carbocycles. The first-order valence-corrected chi connectivity index (χ1v) is 10.3. The summed E-state index contributed by atoms with van der Waals surface area (Å²) in [6.07, 6.45) is 4.53. The molecule has 3 N–H and O–H groups in total. The van der Waals surface area contributed by atoms with Crippen molar-refractivity contribution in [3.8, 4) is 11.3 Å². The Bertz CT molecular complexity index is 1030. The molecule has 1 aliphatic rings. The highest BCUT2D eigenvalue weighted by atomic mass is 35.5. The first kappa shape index (κ1) is 20.3. The number of aromatic amines is 1. The number of hydrogen-bond acceptors (Lipinski definition) is 2. The van der Waals surface area contributed by atoms with Gasteiger partial charge in [-0.05, 0) is 60.4 Å². The lowest BCUT2D eigenvalue weighted by Gasteiger charge is -2.16. The van der Waals surface area contributed by atoms with E-state index in [9.17, 15) is 8.78 Å². The standard InChI is InChI=1S/C22H22ClF2N5/c23-18-10-5-14(11-19(18)25)13-26-22(27-17-3-1-2-4-17)28-21-12-20(29-30-21)15-6-8-16(24)9-7-15/h5-12,17H,1-4,13H2,(H3,26,27,28,29,30). The Kier molecular flexibility index (Phi) is 6.28. The van der Waals surface area contributed by atoms with Gasteiger partial charge in [-0.25, -0.2) is 13.8 Å². The van der Waals surface area contributed by atoms with E-state index in [0.29, 0.717) is 24.4 Å². The van der Waals surface area contributed by atoms with Crippen LogP contribution in [0.3, 0.4) is 0 Å². The molecule has 1 heterocycles. The second kappa shape index (κ2) is 9.26. The zero-order chi connectivity index (χ0) is 20.9. The smallest absolute Gasteiger partial charge is 0.197 e. The average molecular weight is 430 g/mol. The molecule has 1 saturated carbocycles. The topological polar surface area (TPSA) is 65.1 Å². The van der Waals surface area contributed by atoms with Crippen molar-refractivity contribution < 1.29 is 8.78 Å². The van der Waals surface area contributed by atoms with Crippen molar-refractivity contribution in [2.24, 2.45) is 4.99 Å². The maximum absolute atomic E-state index is 13.7. The Morgan fingerprint density at radius 2 is 1.87 bits per heavy atom. The van der Waals surface area contributed by atoms with E-state index in [4.69, 9.17) is 11.6 Å². The monoisotopic (exact) mass is 429 g/mol. The van der Waals surface area contributed by atoms with E-state index >= 15 is 0 Å². The molecule has 0 amide bonds. The van der Waals surface area contributed by atoms with Crippen molar-refractivity contribution in [2.75, 3.05) is 5.32 Å². The second-order valence-corrected chi connectivity index (χ2v) is 7.74. The van der Waals surface area contributed by atoms with Crippen molar-refractivity contribution in [3.63, 3.8) is 0 Å². The summed E-state index contributed by atoms with van der Waals surface area (Å²) in [5.41, 5.74) is 2.31. The number of aromatic nitrogens is 2. The highest BCUT2D eigenvalue weighted by Gasteiger charge is 2.17. The Labute approximate surface area is 178 Å². The summed E-state index contributed by atoms with van der Waals surface area (Å²) in [4.78, 5) is 4.60. The average Bonchev–Trinajstić information content (AvgIpc) is 3.41. The van der Waals surface area contributed by atoms with E-state index in [1.54, 1.807) is 18.2 Å². The molecule has 4 rings (SSSR count). The second-order valence-electron chi connectivity index (χ2n) is 7.34. The Hall–Kier alpha value is -2.93. The van der Waals surface area contributed by atoms with E-state index < -0.39 is 5.82 Å². The van der Waals surface area contributed by atoms with Crippen LogP contribution in [0.1, 0.15) is 31.2 Å². The van der Waals surface area contributed by atoms with Crippen molar-refractivity contribution in [1.82, 2.24) is 15.5 Å². The molecular formula is C22H22ClF2N5. The molecule has 156 valence electrons. The first-order valence-electron chi connectivity index (χ1n) is 9.90. The molecular weight excluding hydrogens is 408 g/mol. The quantitative estimate of drug-likeness (QED) is 0.370. The summed E-state index contributed by atoms with van der Waals surface area (Å²) < 4.78 is 26.9. The van der Waals surface area contributed by atoms with Crippen molar-refractivity contribution >= 4 is 23.4 Å². The van der Waals surface area contributed by atoms with Gasteiger partial charge >= 0.3 is 0 Å². The van der Waals surface area contributed by atoms with Gasteiger partial charge in [-0.2, -0.15) is 5.10 Å². The maximum Gasteiger partial charge on any atom is 0.197 e. The predicted molar refractivity (Wildman–Crippen MR) is 116 cm³/mol. The number of rotatable bonds is 5. The van der Waals surface area contributed by atoms with Crippen LogP contribution in [0.5, 0.6) is 0 Å². The van der Waals surface area contributed by atoms with E-state index in [2.05, 4.69) is 25.8 Å². The molecule has 0 aliphatic heterocycles. The van der Waals surface area contributed by atoms with E-state index in [0.717, 1.165) is 29.7 Å². The van der Waals surface area contributed by atoms with Gasteiger partial charge in [0.15, 0.2) is 11.8 Å². The fourth-order valence-corrected chi connectivity index (χ4v) is 3.60. The molecule has 5 nitrogen and oxygen atoms in total. The summed E-state index contributed by atoms with van der Waals surface area (Å²) in [5, 5.41) is 14.0. The van der Waals surface area contributed by atoms with Gasteiger partial charge in [0.25, 0.3) is 0 Å². The van der Waals surface area contributed by atoms with Gasteiger partial charge in [0, 0.05) is 12.1 Å². The number of hydrogen-bond donors (Lipinski definition) is 3. The minimum absolute atomic E-state index is 0.0926. The van der Waals surface area contributed by atoms with Crippen molar-refractivity contribution in [2.45, 2.75) is 38.3 Å². The lowest BCUT2D eigenvalue weighted by atomic mass is 10.1. The molecule has 8 heteroatoms. The lowest BCUT2D eigenvalue weighted by molar-refractivity contribution is 0.623. The summed E-state index contributed by atoms with van der Waals surface area (Å²) in [6, 6.07) is 13.0. The molecule has 0 saturated heterocycles. The van der Waals surface area contributed by atoms with Crippen LogP contribution in [0.2, 0.25) is 5.02 Å². The van der Waals surface area contributed by atoms with E-state index in [1.165, 1.54) is 37.1 Å². The summed E-state index contributed by atoms with van der Waals surface area (Å²) in [7, 11) is 0. The van der Waals surface area contributed by atoms with Crippen LogP contribution in [0.4, 0.5) is 14.6 Å². The predicted octanol–water partition coefficient (Wildman–Crippen LogP) is 5.51. The van der Waals surface area contributed by atoms with Gasteiger partial charge in [0.1, 0.15) is 11.6 Å².